The van der Waals surface area contributed by atoms with Gasteiger partial charge >= 0.3 is 0 Å². The highest BCUT2D eigenvalue weighted by atomic mass is 16.4. The molecule has 4 rings (SSSR count). The maximum absolute atomic E-state index is 12.8. The van der Waals surface area contributed by atoms with Crippen LogP contribution in [0, 0.1) is 20.8 Å². The molecule has 2 aromatic heterocycles. The van der Waals surface area contributed by atoms with Crippen LogP contribution >= 0.6 is 0 Å². The smallest absolute Gasteiger partial charge is 0.247 e. The van der Waals surface area contributed by atoms with E-state index in [0.717, 1.165) is 39.5 Å². The lowest BCUT2D eigenvalue weighted by atomic mass is 10.1. The number of hydrogen-bond acceptors (Lipinski definition) is 5. The van der Waals surface area contributed by atoms with Gasteiger partial charge in [0.25, 0.3) is 0 Å². The summed E-state index contributed by atoms with van der Waals surface area (Å²) in [4.78, 5) is 12.8. The zero-order valence-electron chi connectivity index (χ0n) is 16.5. The Kier molecular flexibility index (Phi) is 4.95. The van der Waals surface area contributed by atoms with E-state index in [9.17, 15) is 4.79 Å². The fourth-order valence-corrected chi connectivity index (χ4v) is 3.29. The van der Waals surface area contributed by atoms with Crippen LogP contribution in [0.4, 0.5) is 5.69 Å². The van der Waals surface area contributed by atoms with Crippen molar-refractivity contribution in [3.05, 3.63) is 77.4 Å². The number of anilines is 1. The van der Waals surface area contributed by atoms with E-state index in [1.807, 2.05) is 74.0 Å². The Morgan fingerprint density at radius 2 is 1.90 bits per heavy atom. The summed E-state index contributed by atoms with van der Waals surface area (Å²) in [5.41, 5.74) is 6.14. The summed E-state index contributed by atoms with van der Waals surface area (Å²) < 4.78 is 7.12. The molecule has 0 radical (unpaired) electrons. The molecule has 29 heavy (non-hydrogen) atoms. The molecule has 2 aromatic carbocycles. The summed E-state index contributed by atoms with van der Waals surface area (Å²) in [5, 5.41) is 15.2. The van der Waals surface area contributed by atoms with Gasteiger partial charge in [0.15, 0.2) is 0 Å². The lowest BCUT2D eigenvalue weighted by Crippen LogP contribution is -2.16. The third-order valence-corrected chi connectivity index (χ3v) is 4.90. The summed E-state index contributed by atoms with van der Waals surface area (Å²) in [6, 6.07) is 15.5. The van der Waals surface area contributed by atoms with E-state index in [4.69, 9.17) is 4.42 Å². The summed E-state index contributed by atoms with van der Waals surface area (Å²) in [7, 11) is 0. The summed E-state index contributed by atoms with van der Waals surface area (Å²) >= 11 is 0. The number of benzene rings is 2. The lowest BCUT2D eigenvalue weighted by molar-refractivity contribution is -0.115. The molecule has 1 amide bonds. The van der Waals surface area contributed by atoms with Crippen molar-refractivity contribution in [2.45, 2.75) is 27.2 Å². The standard InChI is InChI=1S/C22H21N5O2/c1-14-9-10-17(22-25-23-13-29-22)11-20(14)24-21(28)12-19-15(2)26-27(16(19)3)18-7-5-4-6-8-18/h4-11,13H,12H2,1-3H3,(H,24,28). The van der Waals surface area contributed by atoms with Crippen LogP contribution in [0.1, 0.15) is 22.5 Å². The monoisotopic (exact) mass is 387 g/mol. The number of para-hydroxylation sites is 1. The molecule has 2 heterocycles. The first-order chi connectivity index (χ1) is 14.0. The molecular weight excluding hydrogens is 366 g/mol. The highest BCUT2D eigenvalue weighted by Gasteiger charge is 2.17. The average molecular weight is 387 g/mol. The number of aryl methyl sites for hydroxylation is 2. The number of carbonyl (C=O) groups excluding carboxylic acids is 1. The minimum absolute atomic E-state index is 0.102. The van der Waals surface area contributed by atoms with Gasteiger partial charge in [-0.05, 0) is 50.6 Å². The number of hydrogen-bond donors (Lipinski definition) is 1. The fraction of sp³-hybridized carbons (Fsp3) is 0.182. The molecule has 0 spiro atoms. The molecular formula is C22H21N5O2. The van der Waals surface area contributed by atoms with Crippen molar-refractivity contribution < 1.29 is 9.21 Å². The van der Waals surface area contributed by atoms with E-state index in [0.29, 0.717) is 5.89 Å². The minimum atomic E-state index is -0.102. The SMILES string of the molecule is Cc1ccc(-c2nnco2)cc1NC(=O)Cc1c(C)nn(-c2ccccc2)c1C. The second kappa shape index (κ2) is 7.71. The van der Waals surface area contributed by atoms with Crippen LogP contribution in [0.5, 0.6) is 0 Å². The van der Waals surface area contributed by atoms with Crippen molar-refractivity contribution >= 4 is 11.6 Å². The van der Waals surface area contributed by atoms with Crippen molar-refractivity contribution in [2.24, 2.45) is 0 Å². The first-order valence-electron chi connectivity index (χ1n) is 9.30. The van der Waals surface area contributed by atoms with Gasteiger partial charge in [-0.3, -0.25) is 4.79 Å². The van der Waals surface area contributed by atoms with Gasteiger partial charge in [-0.1, -0.05) is 24.3 Å². The van der Waals surface area contributed by atoms with Gasteiger partial charge in [-0.2, -0.15) is 5.10 Å². The van der Waals surface area contributed by atoms with Crippen LogP contribution in [0.15, 0.2) is 59.3 Å². The van der Waals surface area contributed by atoms with Crippen molar-refractivity contribution in [3.63, 3.8) is 0 Å². The largest absolute Gasteiger partial charge is 0.423 e. The third-order valence-electron chi connectivity index (χ3n) is 4.90. The van der Waals surface area contributed by atoms with E-state index >= 15 is 0 Å². The number of nitrogens with zero attached hydrogens (tertiary/aromatic N) is 4. The van der Waals surface area contributed by atoms with E-state index in [2.05, 4.69) is 20.6 Å². The zero-order chi connectivity index (χ0) is 20.4. The molecule has 0 aliphatic heterocycles. The van der Waals surface area contributed by atoms with E-state index in [1.54, 1.807) is 0 Å². The first-order valence-corrected chi connectivity index (χ1v) is 9.30. The molecule has 0 unspecified atom stereocenters. The van der Waals surface area contributed by atoms with Crippen LogP contribution in [0.25, 0.3) is 17.1 Å². The second-order valence-corrected chi connectivity index (χ2v) is 6.90. The molecule has 0 atom stereocenters. The highest BCUT2D eigenvalue weighted by molar-refractivity contribution is 5.93. The van der Waals surface area contributed by atoms with Crippen LogP contribution < -0.4 is 5.32 Å². The van der Waals surface area contributed by atoms with Crippen molar-refractivity contribution in [1.82, 2.24) is 20.0 Å². The zero-order valence-corrected chi connectivity index (χ0v) is 16.5. The fourth-order valence-electron chi connectivity index (χ4n) is 3.29. The Balaban J connectivity index is 1.55. The topological polar surface area (TPSA) is 85.8 Å². The quantitative estimate of drug-likeness (QED) is 0.559. The number of rotatable bonds is 5. The van der Waals surface area contributed by atoms with Crippen molar-refractivity contribution in [2.75, 3.05) is 5.32 Å². The number of amides is 1. The molecule has 0 aliphatic carbocycles. The summed E-state index contributed by atoms with van der Waals surface area (Å²) in [6.45, 7) is 5.85. The minimum Gasteiger partial charge on any atom is -0.423 e. The molecule has 146 valence electrons. The van der Waals surface area contributed by atoms with E-state index < -0.39 is 0 Å². The van der Waals surface area contributed by atoms with Crippen molar-refractivity contribution in [1.29, 1.82) is 0 Å². The number of aromatic nitrogens is 4. The Labute approximate surface area is 168 Å². The average Bonchev–Trinajstić information content (AvgIpc) is 3.35. The van der Waals surface area contributed by atoms with Gasteiger partial charge in [-0.25, -0.2) is 4.68 Å². The van der Waals surface area contributed by atoms with Crippen LogP contribution in [0.3, 0.4) is 0 Å². The normalized spacial score (nSPS) is 10.9. The van der Waals surface area contributed by atoms with Crippen molar-refractivity contribution in [3.8, 4) is 17.1 Å². The third kappa shape index (κ3) is 3.80. The molecule has 4 aromatic rings. The van der Waals surface area contributed by atoms with Crippen LogP contribution in [-0.4, -0.2) is 25.9 Å². The Bertz CT molecular complexity index is 1150. The predicted molar refractivity (Wildman–Crippen MR) is 110 cm³/mol. The molecule has 0 saturated heterocycles. The highest BCUT2D eigenvalue weighted by Crippen LogP contribution is 2.25. The number of nitrogens with one attached hydrogen (secondary N) is 1. The van der Waals surface area contributed by atoms with E-state index in [1.165, 1.54) is 6.39 Å². The summed E-state index contributed by atoms with van der Waals surface area (Å²) in [6.07, 6.45) is 1.53. The molecule has 0 fully saturated rings. The Morgan fingerprint density at radius 3 is 2.62 bits per heavy atom. The Morgan fingerprint density at radius 1 is 1.10 bits per heavy atom. The molecule has 1 N–H and O–H groups in total. The molecule has 7 heteroatoms. The first kappa shape index (κ1) is 18.6. The lowest BCUT2D eigenvalue weighted by Gasteiger charge is -2.10. The number of carbonyl (C=O) groups is 1. The van der Waals surface area contributed by atoms with Gasteiger partial charge in [0.05, 0.1) is 17.8 Å². The Hall–Kier alpha value is -3.74. The van der Waals surface area contributed by atoms with Crippen LogP contribution in [0.2, 0.25) is 0 Å². The van der Waals surface area contributed by atoms with Gasteiger partial charge < -0.3 is 9.73 Å². The molecule has 0 saturated carbocycles. The van der Waals surface area contributed by atoms with Gasteiger partial charge in [0, 0.05) is 22.5 Å². The molecule has 0 aliphatic rings. The predicted octanol–water partition coefficient (Wildman–Crippen LogP) is 4.03. The second-order valence-electron chi connectivity index (χ2n) is 6.90. The van der Waals surface area contributed by atoms with Gasteiger partial charge in [0.1, 0.15) is 0 Å². The maximum Gasteiger partial charge on any atom is 0.247 e. The molecule has 0 bridgehead atoms. The van der Waals surface area contributed by atoms with Crippen LogP contribution in [-0.2, 0) is 11.2 Å². The van der Waals surface area contributed by atoms with Gasteiger partial charge in [0.2, 0.25) is 18.2 Å². The summed E-state index contributed by atoms with van der Waals surface area (Å²) in [5.74, 6) is 0.311. The van der Waals surface area contributed by atoms with E-state index in [-0.39, 0.29) is 12.3 Å². The van der Waals surface area contributed by atoms with Gasteiger partial charge in [-0.15, -0.1) is 10.2 Å². The molecule has 7 nitrogen and oxygen atoms in total. The maximum atomic E-state index is 12.8.